The molecule has 0 amide bonds. The van der Waals surface area contributed by atoms with Crippen molar-refractivity contribution in [2.24, 2.45) is 0 Å². The van der Waals surface area contributed by atoms with Crippen LogP contribution in [0.3, 0.4) is 0 Å². The minimum atomic E-state index is -0.552. The quantitative estimate of drug-likeness (QED) is 0.488. The Bertz CT molecular complexity index is 952. The van der Waals surface area contributed by atoms with Gasteiger partial charge in [0.1, 0.15) is 0 Å². The molecule has 28 heavy (non-hydrogen) atoms. The normalized spacial score (nSPS) is 33.9. The van der Waals surface area contributed by atoms with Crippen molar-refractivity contribution in [3.05, 3.63) is 53.1 Å². The third kappa shape index (κ3) is 2.45. The summed E-state index contributed by atoms with van der Waals surface area (Å²) in [7, 11) is 1.76. The lowest BCUT2D eigenvalue weighted by molar-refractivity contribution is -0.147. The molecule has 0 saturated carbocycles. The zero-order chi connectivity index (χ0) is 19.5. The van der Waals surface area contributed by atoms with Gasteiger partial charge >= 0.3 is 5.97 Å². The number of hydrogen-bond donors (Lipinski definition) is 1. The fraction of sp³-hybridized carbons (Fsp3) is 0.435. The van der Waals surface area contributed by atoms with Gasteiger partial charge < -0.3 is 15.2 Å². The van der Waals surface area contributed by atoms with Crippen LogP contribution in [0, 0.1) is 11.8 Å². The lowest BCUT2D eigenvalue weighted by Gasteiger charge is -2.33. The molecular formula is C23H24N2O3. The number of nitrogens with two attached hydrogens (primary N) is 1. The van der Waals surface area contributed by atoms with Crippen LogP contribution in [0.2, 0.25) is 0 Å². The second-order valence-electron chi connectivity index (χ2n) is 8.14. The van der Waals surface area contributed by atoms with Crippen molar-refractivity contribution in [1.82, 2.24) is 4.90 Å². The van der Waals surface area contributed by atoms with E-state index in [0.29, 0.717) is 6.04 Å². The van der Waals surface area contributed by atoms with Crippen LogP contribution in [0.4, 0.5) is 5.69 Å². The summed E-state index contributed by atoms with van der Waals surface area (Å²) in [5.41, 5.74) is 8.69. The van der Waals surface area contributed by atoms with Crippen LogP contribution >= 0.6 is 0 Å². The van der Waals surface area contributed by atoms with Crippen molar-refractivity contribution in [2.75, 3.05) is 12.8 Å². The predicted octanol–water partition coefficient (Wildman–Crippen LogP) is 2.42. The number of fused-ring (bicyclic) bond motifs is 3. The first-order valence-electron chi connectivity index (χ1n) is 9.87. The Labute approximate surface area is 165 Å². The molecule has 2 N–H and O–H groups in total. The van der Waals surface area contributed by atoms with Crippen LogP contribution in [-0.4, -0.2) is 47.8 Å². The van der Waals surface area contributed by atoms with Gasteiger partial charge in [-0.15, -0.1) is 0 Å². The fourth-order valence-electron chi connectivity index (χ4n) is 5.45. The number of methoxy groups -OCH3 is 1. The van der Waals surface area contributed by atoms with Gasteiger partial charge in [0.25, 0.3) is 0 Å². The molecule has 2 fully saturated rings. The summed E-state index contributed by atoms with van der Waals surface area (Å²) in [6, 6.07) is 8.27. The maximum atomic E-state index is 12.3. The molecule has 2 saturated heterocycles. The Hall–Kier alpha value is -2.55. The van der Waals surface area contributed by atoms with Crippen LogP contribution in [0.5, 0.6) is 0 Å². The summed E-state index contributed by atoms with van der Waals surface area (Å²) < 4.78 is 11.6. The third-order valence-electron chi connectivity index (χ3n) is 6.73. The van der Waals surface area contributed by atoms with E-state index in [9.17, 15) is 4.79 Å². The summed E-state index contributed by atoms with van der Waals surface area (Å²) in [6.45, 7) is 2.12. The number of hydrogen-bond acceptors (Lipinski definition) is 5. The molecule has 1 unspecified atom stereocenters. The van der Waals surface area contributed by atoms with E-state index in [1.807, 2.05) is 24.3 Å². The summed E-state index contributed by atoms with van der Waals surface area (Å²) in [4.78, 5) is 14.8. The second kappa shape index (κ2) is 6.23. The van der Waals surface area contributed by atoms with Crippen molar-refractivity contribution in [3.8, 4) is 11.8 Å². The van der Waals surface area contributed by atoms with Crippen molar-refractivity contribution < 1.29 is 14.3 Å². The number of nitrogen functional groups attached to an aromatic ring is 1. The molecule has 1 aromatic carbocycles. The third-order valence-corrected chi connectivity index (χ3v) is 6.73. The first-order valence-corrected chi connectivity index (χ1v) is 9.87. The number of benzene rings is 1. The summed E-state index contributed by atoms with van der Waals surface area (Å²) >= 11 is 0. The highest BCUT2D eigenvalue weighted by Crippen LogP contribution is 2.55. The first kappa shape index (κ1) is 17.5. The molecule has 144 valence electrons. The molecule has 1 aromatic rings. The van der Waals surface area contributed by atoms with E-state index in [-0.39, 0.29) is 24.2 Å². The number of rotatable bonds is 2. The molecule has 3 heterocycles. The van der Waals surface area contributed by atoms with E-state index in [2.05, 4.69) is 29.7 Å². The van der Waals surface area contributed by atoms with Gasteiger partial charge in [-0.2, -0.15) is 0 Å². The lowest BCUT2D eigenvalue weighted by Crippen LogP contribution is -2.47. The molecular weight excluding hydrogens is 352 g/mol. The van der Waals surface area contributed by atoms with Crippen LogP contribution in [0.15, 0.2) is 47.6 Å². The fourth-order valence-corrected chi connectivity index (χ4v) is 5.45. The van der Waals surface area contributed by atoms with Gasteiger partial charge in [0.15, 0.2) is 5.60 Å². The van der Waals surface area contributed by atoms with Crippen LogP contribution in [0.1, 0.15) is 31.7 Å². The Morgan fingerprint density at radius 2 is 2.07 bits per heavy atom. The SMILES string of the molecule is COC(C)[C@@H]1CC[C@H]2N1[C@@H]1C=C(C#Cc3ccc(N)cc3)C3=CC(=O)O[C@@]32C1. The zero-order valence-electron chi connectivity index (χ0n) is 16.1. The molecule has 0 aromatic heterocycles. The zero-order valence-corrected chi connectivity index (χ0v) is 16.1. The number of carbonyl (C=O) groups excluding carboxylic acids is 1. The van der Waals surface area contributed by atoms with Crippen LogP contribution < -0.4 is 5.73 Å². The summed E-state index contributed by atoms with van der Waals surface area (Å²) in [5.74, 6) is 6.28. The van der Waals surface area contributed by atoms with Gasteiger partial charge in [-0.25, -0.2) is 4.79 Å². The highest BCUT2D eigenvalue weighted by atomic mass is 16.6. The smallest absolute Gasteiger partial charge is 0.332 e. The van der Waals surface area contributed by atoms with Gasteiger partial charge in [-0.3, -0.25) is 4.90 Å². The number of ether oxygens (including phenoxy) is 2. The maximum Gasteiger partial charge on any atom is 0.332 e. The minimum Gasteiger partial charge on any atom is -0.449 e. The molecule has 5 nitrogen and oxygen atoms in total. The van der Waals surface area contributed by atoms with E-state index in [4.69, 9.17) is 15.2 Å². The van der Waals surface area contributed by atoms with Crippen molar-refractivity contribution in [1.29, 1.82) is 0 Å². The second-order valence-corrected chi connectivity index (χ2v) is 8.14. The average molecular weight is 376 g/mol. The topological polar surface area (TPSA) is 64.8 Å². The van der Waals surface area contributed by atoms with E-state index in [1.54, 1.807) is 13.2 Å². The monoisotopic (exact) mass is 376 g/mol. The molecule has 5 rings (SSSR count). The summed E-state index contributed by atoms with van der Waals surface area (Å²) in [5, 5.41) is 0. The largest absolute Gasteiger partial charge is 0.449 e. The molecule has 1 spiro atoms. The van der Waals surface area contributed by atoms with E-state index < -0.39 is 5.60 Å². The van der Waals surface area contributed by atoms with Gasteiger partial charge in [-0.1, -0.05) is 17.9 Å². The molecule has 2 bridgehead atoms. The van der Waals surface area contributed by atoms with Gasteiger partial charge in [0, 0.05) is 54.1 Å². The maximum absolute atomic E-state index is 12.3. The number of carbonyl (C=O) groups is 1. The Morgan fingerprint density at radius 3 is 2.82 bits per heavy atom. The Balaban J connectivity index is 1.54. The van der Waals surface area contributed by atoms with E-state index in [0.717, 1.165) is 41.7 Å². The molecule has 1 aliphatic carbocycles. The average Bonchev–Trinajstić information content (AvgIpc) is 3.34. The Morgan fingerprint density at radius 1 is 1.29 bits per heavy atom. The highest BCUT2D eigenvalue weighted by Gasteiger charge is 2.64. The standard InChI is InChI=1S/C23H24N2O3/c1-14(27-2)20-9-10-21-23-13-18(25(20)21)11-16(19(23)12-22(26)28-23)6-3-15-4-7-17(24)8-5-15/h4-5,7-8,11-12,14,18,20-21H,9-10,13,24H2,1-2H3/t14?,18-,20+,21-,23+/m1/s1. The minimum absolute atomic E-state index is 0.142. The van der Waals surface area contributed by atoms with Crippen molar-refractivity contribution in [2.45, 2.75) is 56.0 Å². The van der Waals surface area contributed by atoms with Crippen molar-refractivity contribution >= 4 is 11.7 Å². The Kier molecular flexibility index (Phi) is 3.90. The lowest BCUT2D eigenvalue weighted by atomic mass is 9.77. The molecule has 4 aliphatic rings. The van der Waals surface area contributed by atoms with Crippen LogP contribution in [-0.2, 0) is 14.3 Å². The van der Waals surface area contributed by atoms with Gasteiger partial charge in [-0.05, 0) is 44.0 Å². The van der Waals surface area contributed by atoms with Crippen molar-refractivity contribution in [3.63, 3.8) is 0 Å². The number of anilines is 1. The van der Waals surface area contributed by atoms with Gasteiger partial charge in [0.2, 0.25) is 0 Å². The van der Waals surface area contributed by atoms with Gasteiger partial charge in [0.05, 0.1) is 12.1 Å². The van der Waals surface area contributed by atoms with E-state index in [1.165, 1.54) is 0 Å². The molecule has 0 radical (unpaired) electrons. The molecule has 5 heteroatoms. The first-order chi connectivity index (χ1) is 13.5. The highest BCUT2D eigenvalue weighted by molar-refractivity contribution is 5.90. The molecule has 3 aliphatic heterocycles. The van der Waals surface area contributed by atoms with E-state index >= 15 is 0 Å². The predicted molar refractivity (Wildman–Crippen MR) is 106 cm³/mol. The number of nitrogens with zero attached hydrogens (tertiary/aromatic N) is 1. The molecule has 5 atom stereocenters. The number of esters is 1. The van der Waals surface area contributed by atoms with Crippen LogP contribution in [0.25, 0.3) is 0 Å². The summed E-state index contributed by atoms with van der Waals surface area (Å²) in [6.07, 6.45) is 6.89.